The largest absolute Gasteiger partial charge is 0.493 e. The standard InChI is InChI=1S/C19H27NO7/c1-24-14-9-13(10-17(22)23)20(11-14)16(21)8-6-12-5-7-15(25-2)19(27-4)18(12)26-3/h5,7,13-14H,6,8-11H2,1-4H3,(H,22,23). The van der Waals surface area contributed by atoms with Gasteiger partial charge >= 0.3 is 5.97 Å². The van der Waals surface area contributed by atoms with Gasteiger partial charge in [0, 0.05) is 26.1 Å². The second-order valence-corrected chi connectivity index (χ2v) is 6.38. The molecule has 2 rings (SSSR count). The van der Waals surface area contributed by atoms with Crippen LogP contribution in [0.5, 0.6) is 17.2 Å². The summed E-state index contributed by atoms with van der Waals surface area (Å²) < 4.78 is 21.4. The van der Waals surface area contributed by atoms with Crippen molar-refractivity contribution in [2.45, 2.75) is 37.8 Å². The van der Waals surface area contributed by atoms with Crippen molar-refractivity contribution < 1.29 is 33.6 Å². The second kappa shape index (κ2) is 9.45. The number of nitrogens with zero attached hydrogens (tertiary/aromatic N) is 1. The molecule has 0 aromatic heterocycles. The third-order valence-electron chi connectivity index (χ3n) is 4.83. The highest BCUT2D eigenvalue weighted by molar-refractivity contribution is 5.78. The van der Waals surface area contributed by atoms with Gasteiger partial charge in [-0.3, -0.25) is 9.59 Å². The van der Waals surface area contributed by atoms with E-state index < -0.39 is 5.97 Å². The van der Waals surface area contributed by atoms with Crippen LogP contribution in [0.25, 0.3) is 0 Å². The fourth-order valence-corrected chi connectivity index (χ4v) is 3.49. The molecular formula is C19H27NO7. The van der Waals surface area contributed by atoms with Gasteiger partial charge in [0.1, 0.15) is 0 Å². The Labute approximate surface area is 159 Å². The molecule has 1 fully saturated rings. The molecule has 27 heavy (non-hydrogen) atoms. The Morgan fingerprint density at radius 2 is 1.81 bits per heavy atom. The summed E-state index contributed by atoms with van der Waals surface area (Å²) in [5, 5.41) is 9.09. The lowest BCUT2D eigenvalue weighted by Crippen LogP contribution is -2.37. The van der Waals surface area contributed by atoms with Gasteiger partial charge in [-0.05, 0) is 24.5 Å². The monoisotopic (exact) mass is 381 g/mol. The molecule has 0 bridgehead atoms. The van der Waals surface area contributed by atoms with Crippen LogP contribution in [0.4, 0.5) is 0 Å². The maximum Gasteiger partial charge on any atom is 0.305 e. The zero-order valence-electron chi connectivity index (χ0n) is 16.2. The average Bonchev–Trinajstić information content (AvgIpc) is 3.07. The molecular weight excluding hydrogens is 354 g/mol. The van der Waals surface area contributed by atoms with Crippen molar-refractivity contribution in [1.29, 1.82) is 0 Å². The van der Waals surface area contributed by atoms with E-state index in [1.54, 1.807) is 25.2 Å². The summed E-state index contributed by atoms with van der Waals surface area (Å²) in [6.45, 7) is 0.413. The number of aliphatic carboxylic acids is 1. The van der Waals surface area contributed by atoms with Crippen molar-refractivity contribution in [3.63, 3.8) is 0 Å². The van der Waals surface area contributed by atoms with E-state index >= 15 is 0 Å². The maximum atomic E-state index is 12.7. The molecule has 8 heteroatoms. The molecule has 150 valence electrons. The van der Waals surface area contributed by atoms with Gasteiger partial charge in [-0.25, -0.2) is 0 Å². The van der Waals surface area contributed by atoms with Crippen molar-refractivity contribution in [1.82, 2.24) is 4.90 Å². The summed E-state index contributed by atoms with van der Waals surface area (Å²) >= 11 is 0. The molecule has 0 spiro atoms. The molecule has 1 aliphatic heterocycles. The van der Waals surface area contributed by atoms with Gasteiger partial charge in [0.05, 0.1) is 33.9 Å². The van der Waals surface area contributed by atoms with Crippen molar-refractivity contribution in [2.75, 3.05) is 35.0 Å². The Hall–Kier alpha value is -2.48. The number of rotatable bonds is 9. The zero-order chi connectivity index (χ0) is 20.0. The van der Waals surface area contributed by atoms with Crippen LogP contribution in [0.3, 0.4) is 0 Å². The van der Waals surface area contributed by atoms with E-state index in [1.165, 1.54) is 14.2 Å². The van der Waals surface area contributed by atoms with Gasteiger partial charge in [0.15, 0.2) is 11.5 Å². The Bertz CT molecular complexity index is 676. The number of methoxy groups -OCH3 is 4. The van der Waals surface area contributed by atoms with Crippen LogP contribution in [0.1, 0.15) is 24.8 Å². The van der Waals surface area contributed by atoms with Crippen molar-refractivity contribution in [2.24, 2.45) is 0 Å². The minimum absolute atomic E-state index is 0.0781. The lowest BCUT2D eigenvalue weighted by Gasteiger charge is -2.23. The lowest BCUT2D eigenvalue weighted by atomic mass is 10.1. The molecule has 0 saturated carbocycles. The van der Waals surface area contributed by atoms with E-state index in [4.69, 9.17) is 24.1 Å². The summed E-state index contributed by atoms with van der Waals surface area (Å²) in [5.74, 6) is 0.541. The van der Waals surface area contributed by atoms with Gasteiger partial charge in [-0.15, -0.1) is 0 Å². The molecule has 1 N–H and O–H groups in total. The van der Waals surface area contributed by atoms with Crippen LogP contribution in [0.15, 0.2) is 12.1 Å². The summed E-state index contributed by atoms with van der Waals surface area (Å²) in [5.41, 5.74) is 0.820. The van der Waals surface area contributed by atoms with Crippen LogP contribution in [-0.4, -0.2) is 69.0 Å². The van der Waals surface area contributed by atoms with Gasteiger partial charge in [0.2, 0.25) is 11.7 Å². The molecule has 8 nitrogen and oxygen atoms in total. The minimum atomic E-state index is -0.920. The second-order valence-electron chi connectivity index (χ2n) is 6.38. The van der Waals surface area contributed by atoms with Crippen LogP contribution in [-0.2, 0) is 20.7 Å². The molecule has 1 amide bonds. The van der Waals surface area contributed by atoms with Crippen LogP contribution in [0, 0.1) is 0 Å². The van der Waals surface area contributed by atoms with E-state index in [-0.39, 0.29) is 30.9 Å². The maximum absolute atomic E-state index is 12.7. The molecule has 1 aromatic rings. The van der Waals surface area contributed by atoms with Crippen molar-refractivity contribution >= 4 is 11.9 Å². The van der Waals surface area contributed by atoms with Gasteiger partial charge in [-0.1, -0.05) is 6.07 Å². The first-order valence-electron chi connectivity index (χ1n) is 8.77. The highest BCUT2D eigenvalue weighted by Gasteiger charge is 2.36. The topological polar surface area (TPSA) is 94.5 Å². The highest BCUT2D eigenvalue weighted by atomic mass is 16.5. The number of carboxylic acid groups (broad SMARTS) is 1. The molecule has 1 heterocycles. The predicted octanol–water partition coefficient (Wildman–Crippen LogP) is 1.74. The van der Waals surface area contributed by atoms with Crippen LogP contribution >= 0.6 is 0 Å². The molecule has 0 radical (unpaired) electrons. The lowest BCUT2D eigenvalue weighted by molar-refractivity contribution is -0.139. The number of benzene rings is 1. The highest BCUT2D eigenvalue weighted by Crippen LogP contribution is 2.40. The van der Waals surface area contributed by atoms with E-state index in [0.29, 0.717) is 36.6 Å². The molecule has 1 aliphatic rings. The fourth-order valence-electron chi connectivity index (χ4n) is 3.49. The van der Waals surface area contributed by atoms with E-state index in [0.717, 1.165) is 5.56 Å². The smallest absolute Gasteiger partial charge is 0.305 e. The Kier molecular flexibility index (Phi) is 7.29. The number of aryl methyl sites for hydroxylation is 1. The zero-order valence-corrected chi connectivity index (χ0v) is 16.2. The first kappa shape index (κ1) is 20.8. The molecule has 2 atom stereocenters. The Morgan fingerprint density at radius 3 is 2.37 bits per heavy atom. The van der Waals surface area contributed by atoms with E-state index in [9.17, 15) is 9.59 Å². The van der Waals surface area contributed by atoms with Gasteiger partial charge in [-0.2, -0.15) is 0 Å². The van der Waals surface area contributed by atoms with Crippen molar-refractivity contribution in [3.8, 4) is 17.2 Å². The minimum Gasteiger partial charge on any atom is -0.493 e. The summed E-state index contributed by atoms with van der Waals surface area (Å²) in [6.07, 6.45) is 1.00. The summed E-state index contributed by atoms with van der Waals surface area (Å²) in [4.78, 5) is 25.4. The number of amides is 1. The molecule has 1 saturated heterocycles. The van der Waals surface area contributed by atoms with Gasteiger partial charge in [0.25, 0.3) is 0 Å². The fraction of sp³-hybridized carbons (Fsp3) is 0.579. The number of carbonyl (C=O) groups excluding carboxylic acids is 1. The third kappa shape index (κ3) is 4.82. The number of ether oxygens (including phenoxy) is 4. The van der Waals surface area contributed by atoms with Crippen LogP contribution < -0.4 is 14.2 Å². The molecule has 1 aromatic carbocycles. The number of carbonyl (C=O) groups is 2. The SMILES string of the molecule is COc1ccc(CCC(=O)N2CC(OC)CC2CC(=O)O)c(OC)c1OC. The first-order chi connectivity index (χ1) is 12.9. The van der Waals surface area contributed by atoms with Crippen molar-refractivity contribution in [3.05, 3.63) is 17.7 Å². The van der Waals surface area contributed by atoms with E-state index in [1.807, 2.05) is 6.07 Å². The normalized spacial score (nSPS) is 19.0. The summed E-state index contributed by atoms with van der Waals surface area (Å²) in [7, 11) is 6.18. The number of carboxylic acids is 1. The number of hydrogen-bond donors (Lipinski definition) is 1. The summed E-state index contributed by atoms with van der Waals surface area (Å²) in [6, 6.07) is 3.27. The first-order valence-corrected chi connectivity index (χ1v) is 8.77. The molecule has 2 unspecified atom stereocenters. The average molecular weight is 381 g/mol. The predicted molar refractivity (Wildman–Crippen MR) is 97.6 cm³/mol. The van der Waals surface area contributed by atoms with Crippen LogP contribution in [0.2, 0.25) is 0 Å². The van der Waals surface area contributed by atoms with Gasteiger partial charge < -0.3 is 29.0 Å². The number of hydrogen-bond acceptors (Lipinski definition) is 6. The molecule has 0 aliphatic carbocycles. The Morgan fingerprint density at radius 1 is 1.11 bits per heavy atom. The quantitative estimate of drug-likeness (QED) is 0.696. The van der Waals surface area contributed by atoms with E-state index in [2.05, 4.69) is 0 Å². The third-order valence-corrected chi connectivity index (χ3v) is 4.83. The number of likely N-dealkylation sites (tertiary alicyclic amines) is 1. The Balaban J connectivity index is 2.11.